The van der Waals surface area contributed by atoms with Gasteiger partial charge in [-0.05, 0) is 35.0 Å². The minimum Gasteiger partial charge on any atom is -0.298 e. The van der Waals surface area contributed by atoms with Crippen molar-refractivity contribution in [2.45, 2.75) is 6.92 Å². The summed E-state index contributed by atoms with van der Waals surface area (Å²) in [4.78, 5) is 10.9. The highest BCUT2D eigenvalue weighted by Gasteiger charge is 2.05. The zero-order valence-electron chi connectivity index (χ0n) is 8.14. The van der Waals surface area contributed by atoms with E-state index in [1.165, 1.54) is 0 Å². The molecule has 0 aliphatic carbocycles. The molecule has 0 amide bonds. The lowest BCUT2D eigenvalue weighted by Crippen LogP contribution is -1.99. The summed E-state index contributed by atoms with van der Waals surface area (Å²) in [6, 6.07) is 5.69. The summed E-state index contributed by atoms with van der Waals surface area (Å²) in [5, 5.41) is 4.14. The van der Waals surface area contributed by atoms with Crippen LogP contribution in [0.2, 0.25) is 0 Å². The Balaban J connectivity index is 2.57. The quantitative estimate of drug-likeness (QED) is 0.782. The molecule has 3 nitrogen and oxygen atoms in total. The molecule has 0 fully saturated rings. The van der Waals surface area contributed by atoms with Crippen molar-refractivity contribution in [3.05, 3.63) is 46.2 Å². The Morgan fingerprint density at radius 2 is 2.27 bits per heavy atom. The highest BCUT2D eigenvalue weighted by Crippen LogP contribution is 2.16. The van der Waals surface area contributed by atoms with Gasteiger partial charge in [-0.2, -0.15) is 5.10 Å². The predicted molar refractivity (Wildman–Crippen MR) is 61.4 cm³/mol. The number of carbonyl (C=O) groups is 1. The van der Waals surface area contributed by atoms with Crippen LogP contribution < -0.4 is 0 Å². The van der Waals surface area contributed by atoms with E-state index in [0.29, 0.717) is 5.56 Å². The number of nitrogens with zero attached hydrogens (tertiary/aromatic N) is 2. The largest absolute Gasteiger partial charge is 0.298 e. The van der Waals surface area contributed by atoms with Gasteiger partial charge in [0.1, 0.15) is 0 Å². The summed E-state index contributed by atoms with van der Waals surface area (Å²) < 4.78 is 2.56. The lowest BCUT2D eigenvalue weighted by atomic mass is 10.1. The Hall–Kier alpha value is -1.42. The van der Waals surface area contributed by atoms with Gasteiger partial charge >= 0.3 is 0 Å². The Morgan fingerprint density at radius 1 is 1.47 bits per heavy atom. The molecule has 15 heavy (non-hydrogen) atoms. The van der Waals surface area contributed by atoms with E-state index in [0.717, 1.165) is 22.0 Å². The van der Waals surface area contributed by atoms with E-state index in [4.69, 9.17) is 0 Å². The minimum absolute atomic E-state index is 0.644. The highest BCUT2D eigenvalue weighted by atomic mass is 79.9. The van der Waals surface area contributed by atoms with Gasteiger partial charge in [0.05, 0.1) is 16.4 Å². The fraction of sp³-hybridized carbons (Fsp3) is 0.0909. The lowest BCUT2D eigenvalue weighted by molar-refractivity contribution is 0.112. The molecule has 76 valence electrons. The second-order valence-electron chi connectivity index (χ2n) is 3.28. The second-order valence-corrected chi connectivity index (χ2v) is 4.20. The fourth-order valence-electron chi connectivity index (χ4n) is 1.41. The van der Waals surface area contributed by atoms with Crippen LogP contribution in [-0.2, 0) is 0 Å². The van der Waals surface area contributed by atoms with Crippen LogP contribution in [0, 0.1) is 6.92 Å². The first-order valence-corrected chi connectivity index (χ1v) is 5.26. The van der Waals surface area contributed by atoms with Gasteiger partial charge in [-0.3, -0.25) is 4.79 Å². The Bertz CT molecular complexity index is 505. The van der Waals surface area contributed by atoms with E-state index < -0.39 is 0 Å². The number of halogens is 1. The third-order valence-corrected chi connectivity index (χ3v) is 2.52. The maximum absolute atomic E-state index is 10.9. The van der Waals surface area contributed by atoms with E-state index in [-0.39, 0.29) is 0 Å². The number of aryl methyl sites for hydroxylation is 1. The van der Waals surface area contributed by atoms with Crippen molar-refractivity contribution >= 4 is 22.2 Å². The van der Waals surface area contributed by atoms with Gasteiger partial charge in [0.25, 0.3) is 0 Å². The summed E-state index contributed by atoms with van der Waals surface area (Å²) in [7, 11) is 0. The zero-order valence-corrected chi connectivity index (χ0v) is 9.73. The summed E-state index contributed by atoms with van der Waals surface area (Å²) in [6.07, 6.45) is 4.35. The van der Waals surface area contributed by atoms with Gasteiger partial charge in [0.2, 0.25) is 0 Å². The van der Waals surface area contributed by atoms with Gasteiger partial charge in [0.15, 0.2) is 6.29 Å². The van der Waals surface area contributed by atoms with E-state index in [1.807, 2.05) is 31.3 Å². The fourth-order valence-corrected chi connectivity index (χ4v) is 1.70. The van der Waals surface area contributed by atoms with E-state index in [2.05, 4.69) is 21.0 Å². The normalized spacial score (nSPS) is 10.3. The molecule has 1 aromatic heterocycles. The maximum Gasteiger partial charge on any atom is 0.152 e. The van der Waals surface area contributed by atoms with Crippen LogP contribution in [0.1, 0.15) is 15.9 Å². The van der Waals surface area contributed by atoms with Crippen molar-refractivity contribution in [1.82, 2.24) is 9.78 Å². The number of hydrogen-bond acceptors (Lipinski definition) is 2. The van der Waals surface area contributed by atoms with Gasteiger partial charge in [-0.15, -0.1) is 0 Å². The Labute approximate surface area is 95.9 Å². The molecule has 1 heterocycles. The second kappa shape index (κ2) is 3.98. The molecule has 4 heteroatoms. The topological polar surface area (TPSA) is 34.9 Å². The minimum atomic E-state index is 0.644. The Morgan fingerprint density at radius 3 is 2.87 bits per heavy atom. The first-order valence-electron chi connectivity index (χ1n) is 4.47. The number of hydrogen-bond donors (Lipinski definition) is 0. The molecule has 1 aromatic carbocycles. The first-order chi connectivity index (χ1) is 7.20. The first kappa shape index (κ1) is 10.1. The molecular weight excluding hydrogens is 256 g/mol. The molecule has 0 N–H and O–H groups in total. The van der Waals surface area contributed by atoms with Gasteiger partial charge in [-0.1, -0.05) is 11.6 Å². The van der Waals surface area contributed by atoms with E-state index in [9.17, 15) is 4.79 Å². The van der Waals surface area contributed by atoms with E-state index >= 15 is 0 Å². The molecule has 0 unspecified atom stereocenters. The molecule has 0 aliphatic rings. The number of aromatic nitrogens is 2. The Kier molecular flexibility index (Phi) is 2.68. The molecule has 0 saturated carbocycles. The van der Waals surface area contributed by atoms with Crippen LogP contribution in [-0.4, -0.2) is 16.1 Å². The third kappa shape index (κ3) is 1.99. The van der Waals surface area contributed by atoms with Gasteiger partial charge in [0, 0.05) is 11.8 Å². The SMILES string of the molecule is Cc1ccc(-n2cc(Br)cn2)c(C=O)c1. The highest BCUT2D eigenvalue weighted by molar-refractivity contribution is 9.10. The number of rotatable bonds is 2. The monoisotopic (exact) mass is 264 g/mol. The lowest BCUT2D eigenvalue weighted by Gasteiger charge is -2.05. The molecule has 0 atom stereocenters. The van der Waals surface area contributed by atoms with Crippen molar-refractivity contribution in [2.75, 3.05) is 0 Å². The number of carbonyl (C=O) groups excluding carboxylic acids is 1. The molecule has 0 aliphatic heterocycles. The van der Waals surface area contributed by atoms with Crippen LogP contribution in [0.5, 0.6) is 0 Å². The van der Waals surface area contributed by atoms with Crippen molar-refractivity contribution < 1.29 is 4.79 Å². The molecule has 2 rings (SSSR count). The summed E-state index contributed by atoms with van der Waals surface area (Å²) in [5.74, 6) is 0. The standard InChI is InChI=1S/C11H9BrN2O/c1-8-2-3-11(9(4-8)7-15)14-6-10(12)5-13-14/h2-7H,1H3. The average molecular weight is 265 g/mol. The molecule has 0 saturated heterocycles. The van der Waals surface area contributed by atoms with Crippen molar-refractivity contribution in [2.24, 2.45) is 0 Å². The summed E-state index contributed by atoms with van der Waals surface area (Å²) in [5.41, 5.74) is 2.50. The molecule has 0 radical (unpaired) electrons. The zero-order chi connectivity index (χ0) is 10.8. The summed E-state index contributed by atoms with van der Waals surface area (Å²) in [6.45, 7) is 1.95. The van der Waals surface area contributed by atoms with Crippen molar-refractivity contribution in [3.63, 3.8) is 0 Å². The summed E-state index contributed by atoms with van der Waals surface area (Å²) >= 11 is 3.32. The van der Waals surface area contributed by atoms with Crippen LogP contribution in [0.4, 0.5) is 0 Å². The van der Waals surface area contributed by atoms with Crippen LogP contribution in [0.3, 0.4) is 0 Å². The maximum atomic E-state index is 10.9. The average Bonchev–Trinajstić information content (AvgIpc) is 2.64. The van der Waals surface area contributed by atoms with Crippen molar-refractivity contribution in [1.29, 1.82) is 0 Å². The van der Waals surface area contributed by atoms with Crippen LogP contribution >= 0.6 is 15.9 Å². The van der Waals surface area contributed by atoms with Gasteiger partial charge < -0.3 is 0 Å². The van der Waals surface area contributed by atoms with E-state index in [1.54, 1.807) is 10.9 Å². The molecule has 0 bridgehead atoms. The number of aldehydes is 1. The predicted octanol–water partition coefficient (Wildman–Crippen LogP) is 2.76. The molecule has 2 aromatic rings. The third-order valence-electron chi connectivity index (χ3n) is 2.11. The molecule has 0 spiro atoms. The molecular formula is C11H9BrN2O. The van der Waals surface area contributed by atoms with Crippen LogP contribution in [0.25, 0.3) is 5.69 Å². The van der Waals surface area contributed by atoms with Crippen molar-refractivity contribution in [3.8, 4) is 5.69 Å². The smallest absolute Gasteiger partial charge is 0.152 e. The number of benzene rings is 1. The van der Waals surface area contributed by atoms with Gasteiger partial charge in [-0.25, -0.2) is 4.68 Å². The van der Waals surface area contributed by atoms with Crippen LogP contribution in [0.15, 0.2) is 35.1 Å².